The number of anilines is 1. The van der Waals surface area contributed by atoms with Gasteiger partial charge >= 0.3 is 0 Å². The fourth-order valence-corrected chi connectivity index (χ4v) is 1.76. The minimum absolute atomic E-state index is 0.102. The van der Waals surface area contributed by atoms with Crippen LogP contribution in [0.5, 0.6) is 5.19 Å². The zero-order valence-corrected chi connectivity index (χ0v) is 10.1. The van der Waals surface area contributed by atoms with E-state index in [4.69, 9.17) is 16.3 Å². The van der Waals surface area contributed by atoms with Crippen LogP contribution in [0.1, 0.15) is 13.3 Å². The highest BCUT2D eigenvalue weighted by atomic mass is 35.5. The number of hydrogen-bond acceptors (Lipinski definition) is 5. The molecule has 0 radical (unpaired) electrons. The normalized spacial score (nSPS) is 12.2. The maximum absolute atomic E-state index is 11.5. The van der Waals surface area contributed by atoms with Crippen molar-refractivity contribution in [1.29, 1.82) is 0 Å². The highest BCUT2D eigenvalue weighted by Gasteiger charge is 2.14. The average molecular weight is 250 g/mol. The van der Waals surface area contributed by atoms with Gasteiger partial charge in [-0.25, -0.2) is 0 Å². The van der Waals surface area contributed by atoms with E-state index >= 15 is 0 Å². The smallest absolute Gasteiger partial charge is 0.295 e. The van der Waals surface area contributed by atoms with Gasteiger partial charge in [-0.2, -0.15) is 0 Å². The highest BCUT2D eigenvalue weighted by molar-refractivity contribution is 7.17. The van der Waals surface area contributed by atoms with Gasteiger partial charge < -0.3 is 10.1 Å². The third-order valence-electron chi connectivity index (χ3n) is 1.80. The number of amides is 1. The van der Waals surface area contributed by atoms with Gasteiger partial charge in [0.2, 0.25) is 11.0 Å². The van der Waals surface area contributed by atoms with Crippen LogP contribution in [0.4, 0.5) is 5.13 Å². The van der Waals surface area contributed by atoms with Crippen LogP contribution in [0.25, 0.3) is 0 Å². The number of rotatable bonds is 5. The monoisotopic (exact) mass is 249 g/mol. The van der Waals surface area contributed by atoms with E-state index < -0.39 is 0 Å². The molecule has 15 heavy (non-hydrogen) atoms. The van der Waals surface area contributed by atoms with Gasteiger partial charge in [0.1, 0.15) is 0 Å². The van der Waals surface area contributed by atoms with Crippen molar-refractivity contribution in [2.75, 3.05) is 18.3 Å². The molecule has 0 saturated heterocycles. The van der Waals surface area contributed by atoms with Crippen LogP contribution in [-0.2, 0) is 4.79 Å². The number of carbonyl (C=O) groups is 1. The summed E-state index contributed by atoms with van der Waals surface area (Å²) in [5, 5.41) is 11.0. The molecule has 1 aromatic rings. The minimum atomic E-state index is -0.127. The van der Waals surface area contributed by atoms with Crippen molar-refractivity contribution in [2.45, 2.75) is 13.3 Å². The maximum atomic E-state index is 11.5. The minimum Gasteiger partial charge on any atom is -0.472 e. The first-order valence-electron chi connectivity index (χ1n) is 4.41. The number of nitrogens with zero attached hydrogens (tertiary/aromatic N) is 2. The summed E-state index contributed by atoms with van der Waals surface area (Å²) in [6, 6.07) is 0. The SMILES string of the molecule is COc1nnc(NC(=O)C(C)CCCl)s1. The first kappa shape index (κ1) is 12.2. The van der Waals surface area contributed by atoms with Crippen LogP contribution in [0.3, 0.4) is 0 Å². The molecule has 1 unspecified atom stereocenters. The third-order valence-corrected chi connectivity index (χ3v) is 2.82. The molecule has 0 spiro atoms. The lowest BCUT2D eigenvalue weighted by molar-refractivity contribution is -0.119. The van der Waals surface area contributed by atoms with Gasteiger partial charge in [-0.15, -0.1) is 16.7 Å². The molecule has 1 heterocycles. The molecule has 1 aromatic heterocycles. The van der Waals surface area contributed by atoms with Crippen LogP contribution in [0, 0.1) is 5.92 Å². The Kier molecular flexibility index (Phi) is 4.77. The van der Waals surface area contributed by atoms with Gasteiger partial charge in [-0.3, -0.25) is 4.79 Å². The summed E-state index contributed by atoms with van der Waals surface area (Å²) in [6.45, 7) is 1.82. The van der Waals surface area contributed by atoms with Gasteiger partial charge in [-0.1, -0.05) is 12.0 Å². The second kappa shape index (κ2) is 5.87. The van der Waals surface area contributed by atoms with E-state index in [2.05, 4.69) is 15.5 Å². The number of ether oxygens (including phenoxy) is 1. The van der Waals surface area contributed by atoms with Crippen molar-refractivity contribution >= 4 is 34.0 Å². The zero-order chi connectivity index (χ0) is 11.3. The summed E-state index contributed by atoms with van der Waals surface area (Å²) >= 11 is 6.73. The van der Waals surface area contributed by atoms with Crippen molar-refractivity contribution < 1.29 is 9.53 Å². The molecule has 0 aliphatic rings. The van der Waals surface area contributed by atoms with Crippen molar-refractivity contribution in [3.8, 4) is 5.19 Å². The van der Waals surface area contributed by atoms with E-state index in [0.29, 0.717) is 22.6 Å². The summed E-state index contributed by atoms with van der Waals surface area (Å²) in [6.07, 6.45) is 0.642. The van der Waals surface area contributed by atoms with E-state index in [1.165, 1.54) is 18.4 Å². The van der Waals surface area contributed by atoms with Crippen LogP contribution >= 0.6 is 22.9 Å². The standard InChI is InChI=1S/C8H12ClN3O2S/c1-5(3-4-9)6(13)10-7-11-12-8(14-2)15-7/h5H,3-4H2,1-2H3,(H,10,11,13). The second-order valence-corrected chi connectivity index (χ2v) is 4.26. The van der Waals surface area contributed by atoms with E-state index in [9.17, 15) is 4.79 Å². The lowest BCUT2D eigenvalue weighted by Gasteiger charge is -2.07. The van der Waals surface area contributed by atoms with Crippen LogP contribution in [0.2, 0.25) is 0 Å². The first-order chi connectivity index (χ1) is 7.17. The molecule has 1 N–H and O–H groups in total. The molecule has 0 aromatic carbocycles. The number of halogens is 1. The number of carbonyl (C=O) groups excluding carboxylic acids is 1. The quantitative estimate of drug-likeness (QED) is 0.808. The third kappa shape index (κ3) is 3.64. The molecule has 1 rings (SSSR count). The van der Waals surface area contributed by atoms with Crippen molar-refractivity contribution in [1.82, 2.24) is 10.2 Å². The van der Waals surface area contributed by atoms with Crippen molar-refractivity contribution in [3.63, 3.8) is 0 Å². The summed E-state index contributed by atoms with van der Waals surface area (Å²) in [7, 11) is 1.50. The molecule has 5 nitrogen and oxygen atoms in total. The molecule has 1 amide bonds. The van der Waals surface area contributed by atoms with E-state index in [1.807, 2.05) is 6.92 Å². The van der Waals surface area contributed by atoms with Crippen LogP contribution in [0.15, 0.2) is 0 Å². The van der Waals surface area contributed by atoms with Crippen molar-refractivity contribution in [3.05, 3.63) is 0 Å². The predicted molar refractivity (Wildman–Crippen MR) is 59.6 cm³/mol. The Morgan fingerprint density at radius 1 is 1.67 bits per heavy atom. The first-order valence-corrected chi connectivity index (χ1v) is 5.76. The Hall–Kier alpha value is -0.880. The molecular weight excluding hydrogens is 238 g/mol. The lowest BCUT2D eigenvalue weighted by Crippen LogP contribution is -2.20. The summed E-state index contributed by atoms with van der Waals surface area (Å²) in [5.74, 6) is 0.237. The molecule has 0 saturated carbocycles. The topological polar surface area (TPSA) is 64.1 Å². The highest BCUT2D eigenvalue weighted by Crippen LogP contribution is 2.22. The Balaban J connectivity index is 2.50. The van der Waals surface area contributed by atoms with E-state index in [0.717, 1.165) is 0 Å². The Bertz CT molecular complexity index is 331. The van der Waals surface area contributed by atoms with Gasteiger partial charge in [0.15, 0.2) is 0 Å². The second-order valence-electron chi connectivity index (χ2n) is 2.95. The molecule has 0 fully saturated rings. The van der Waals surface area contributed by atoms with Gasteiger partial charge in [-0.05, 0) is 17.8 Å². The summed E-state index contributed by atoms with van der Waals surface area (Å²) in [4.78, 5) is 11.5. The van der Waals surface area contributed by atoms with E-state index in [1.54, 1.807) is 0 Å². The number of aromatic nitrogens is 2. The Labute approximate surface area is 96.8 Å². The maximum Gasteiger partial charge on any atom is 0.295 e. The molecular formula is C8H12ClN3O2S. The Morgan fingerprint density at radius 3 is 2.93 bits per heavy atom. The molecule has 0 bridgehead atoms. The fraction of sp³-hybridized carbons (Fsp3) is 0.625. The number of nitrogens with one attached hydrogen (secondary N) is 1. The Morgan fingerprint density at radius 2 is 2.40 bits per heavy atom. The number of hydrogen-bond donors (Lipinski definition) is 1. The molecule has 84 valence electrons. The summed E-state index contributed by atoms with van der Waals surface area (Å²) < 4.78 is 4.86. The number of methoxy groups -OCH3 is 1. The van der Waals surface area contributed by atoms with Gasteiger partial charge in [0, 0.05) is 11.8 Å². The van der Waals surface area contributed by atoms with Crippen LogP contribution < -0.4 is 10.1 Å². The largest absolute Gasteiger partial charge is 0.472 e. The van der Waals surface area contributed by atoms with E-state index in [-0.39, 0.29) is 11.8 Å². The van der Waals surface area contributed by atoms with Gasteiger partial charge in [0.25, 0.3) is 5.19 Å². The fourth-order valence-electron chi connectivity index (χ4n) is 0.866. The van der Waals surface area contributed by atoms with Crippen LogP contribution in [-0.4, -0.2) is 29.1 Å². The van der Waals surface area contributed by atoms with Gasteiger partial charge in [0.05, 0.1) is 7.11 Å². The predicted octanol–water partition coefficient (Wildman–Crippen LogP) is 1.75. The molecule has 1 atom stereocenters. The molecule has 7 heteroatoms. The average Bonchev–Trinajstić information content (AvgIpc) is 2.66. The lowest BCUT2D eigenvalue weighted by atomic mass is 10.1. The van der Waals surface area contributed by atoms with Crippen molar-refractivity contribution in [2.24, 2.45) is 5.92 Å². The number of alkyl halides is 1. The molecule has 0 aliphatic heterocycles. The summed E-state index contributed by atoms with van der Waals surface area (Å²) in [5.41, 5.74) is 0. The molecule has 0 aliphatic carbocycles. The zero-order valence-electron chi connectivity index (χ0n) is 8.49.